The monoisotopic (exact) mass is 394 g/mol. The zero-order valence-electron chi connectivity index (χ0n) is 16.5. The Kier molecular flexibility index (Phi) is 4.96. The molecule has 0 aliphatic carbocycles. The van der Waals surface area contributed by atoms with Gasteiger partial charge in [0.05, 0.1) is 0 Å². The van der Waals surface area contributed by atoms with E-state index in [-0.39, 0.29) is 0 Å². The minimum Gasteiger partial charge on any atom is -0.336 e. The number of anilines is 5. The van der Waals surface area contributed by atoms with Crippen LogP contribution in [0, 0.1) is 0 Å². The maximum atomic E-state index is 4.72. The fourth-order valence-corrected chi connectivity index (χ4v) is 3.59. The summed E-state index contributed by atoms with van der Waals surface area (Å²) in [6.07, 6.45) is 0.977. The molecule has 6 heteroatoms. The first-order valence-corrected chi connectivity index (χ1v) is 10.1. The highest BCUT2D eigenvalue weighted by Crippen LogP contribution is 2.25. The maximum Gasteiger partial charge on any atom is 0.233 e. The van der Waals surface area contributed by atoms with E-state index in [0.29, 0.717) is 17.8 Å². The Labute approximate surface area is 175 Å². The number of para-hydroxylation sites is 2. The third-order valence-electron chi connectivity index (χ3n) is 5.10. The molecule has 30 heavy (non-hydrogen) atoms. The van der Waals surface area contributed by atoms with Gasteiger partial charge < -0.3 is 15.5 Å². The summed E-state index contributed by atoms with van der Waals surface area (Å²) in [5, 5.41) is 6.60. The van der Waals surface area contributed by atoms with E-state index in [0.717, 1.165) is 30.9 Å². The minimum atomic E-state index is 0.517. The molecule has 2 N–H and O–H groups in total. The van der Waals surface area contributed by atoms with E-state index in [9.17, 15) is 0 Å². The van der Waals surface area contributed by atoms with Crippen molar-refractivity contribution in [2.24, 2.45) is 0 Å². The van der Waals surface area contributed by atoms with E-state index in [1.165, 1.54) is 11.1 Å². The van der Waals surface area contributed by atoms with Gasteiger partial charge in [-0.3, -0.25) is 0 Å². The van der Waals surface area contributed by atoms with E-state index in [1.807, 2.05) is 60.7 Å². The van der Waals surface area contributed by atoms with E-state index in [4.69, 9.17) is 9.97 Å². The molecule has 0 radical (unpaired) electrons. The summed E-state index contributed by atoms with van der Waals surface area (Å²) < 4.78 is 0. The van der Waals surface area contributed by atoms with E-state index in [1.54, 1.807) is 0 Å². The van der Waals surface area contributed by atoms with Gasteiger partial charge in [0, 0.05) is 24.5 Å². The van der Waals surface area contributed by atoms with Gasteiger partial charge in [-0.2, -0.15) is 15.0 Å². The Balaban J connectivity index is 1.48. The fourth-order valence-electron chi connectivity index (χ4n) is 3.59. The number of hydrogen-bond donors (Lipinski definition) is 2. The van der Waals surface area contributed by atoms with Crippen molar-refractivity contribution < 1.29 is 0 Å². The first-order valence-electron chi connectivity index (χ1n) is 10.1. The summed E-state index contributed by atoms with van der Waals surface area (Å²) in [7, 11) is 0. The molecule has 0 saturated heterocycles. The maximum absolute atomic E-state index is 4.72. The lowest BCUT2D eigenvalue weighted by molar-refractivity contribution is 0.706. The molecule has 2 heterocycles. The van der Waals surface area contributed by atoms with E-state index >= 15 is 0 Å². The molecule has 6 nitrogen and oxygen atoms in total. The Morgan fingerprint density at radius 3 is 1.73 bits per heavy atom. The van der Waals surface area contributed by atoms with Gasteiger partial charge in [-0.05, 0) is 41.8 Å². The smallest absolute Gasteiger partial charge is 0.233 e. The second kappa shape index (κ2) is 8.21. The summed E-state index contributed by atoms with van der Waals surface area (Å²) in [4.78, 5) is 16.2. The van der Waals surface area contributed by atoms with Crippen molar-refractivity contribution in [3.63, 3.8) is 0 Å². The first-order chi connectivity index (χ1) is 14.8. The lowest BCUT2D eigenvalue weighted by atomic mass is 10.0. The van der Waals surface area contributed by atoms with Crippen molar-refractivity contribution in [3.8, 4) is 0 Å². The standard InChI is InChI=1S/C24H22N6/c1-3-11-20(12-4-1)25-22-27-23(26-21-13-5-2-6-14-21)29-24(28-22)30-16-15-18-9-7-8-10-19(18)17-30/h1-14H,15-17H2,(H2,25,26,27,28,29). The van der Waals surface area contributed by atoms with Gasteiger partial charge >= 0.3 is 0 Å². The van der Waals surface area contributed by atoms with Crippen LogP contribution < -0.4 is 15.5 Å². The summed E-state index contributed by atoms with van der Waals surface area (Å²) >= 11 is 0. The lowest BCUT2D eigenvalue weighted by Crippen LogP contribution is -2.32. The Morgan fingerprint density at radius 1 is 0.600 bits per heavy atom. The average Bonchev–Trinajstić information content (AvgIpc) is 2.80. The molecular formula is C24H22N6. The van der Waals surface area contributed by atoms with Crippen molar-refractivity contribution in [3.05, 3.63) is 96.1 Å². The van der Waals surface area contributed by atoms with Crippen molar-refractivity contribution in [2.75, 3.05) is 22.1 Å². The minimum absolute atomic E-state index is 0.517. The quantitative estimate of drug-likeness (QED) is 0.501. The van der Waals surface area contributed by atoms with Crippen LogP contribution in [0.1, 0.15) is 11.1 Å². The molecule has 1 aromatic heterocycles. The zero-order valence-corrected chi connectivity index (χ0v) is 16.5. The normalized spacial score (nSPS) is 12.9. The SMILES string of the molecule is c1ccc(Nc2nc(Nc3ccccc3)nc(N3CCc4ccccc4C3)n2)cc1. The van der Waals surface area contributed by atoms with Gasteiger partial charge in [0.1, 0.15) is 0 Å². The molecule has 1 aliphatic rings. The van der Waals surface area contributed by atoms with Crippen LogP contribution in [0.2, 0.25) is 0 Å². The van der Waals surface area contributed by atoms with Crippen molar-refractivity contribution in [1.29, 1.82) is 0 Å². The first kappa shape index (κ1) is 18.1. The molecule has 0 atom stereocenters. The van der Waals surface area contributed by atoms with Gasteiger partial charge in [-0.15, -0.1) is 0 Å². The van der Waals surface area contributed by atoms with Gasteiger partial charge in [0.25, 0.3) is 0 Å². The number of aromatic nitrogens is 3. The highest BCUT2D eigenvalue weighted by atomic mass is 15.3. The highest BCUT2D eigenvalue weighted by molar-refractivity contribution is 5.59. The summed E-state index contributed by atoms with van der Waals surface area (Å²) in [5.41, 5.74) is 4.58. The highest BCUT2D eigenvalue weighted by Gasteiger charge is 2.20. The Hall–Kier alpha value is -3.93. The molecular weight excluding hydrogens is 372 g/mol. The van der Waals surface area contributed by atoms with Gasteiger partial charge in [0.2, 0.25) is 17.8 Å². The van der Waals surface area contributed by atoms with E-state index in [2.05, 4.69) is 44.8 Å². The number of benzene rings is 3. The Bertz CT molecular complexity index is 1070. The molecule has 0 bridgehead atoms. The number of rotatable bonds is 5. The molecule has 148 valence electrons. The third kappa shape index (κ3) is 4.07. The fraction of sp³-hybridized carbons (Fsp3) is 0.125. The number of fused-ring (bicyclic) bond motifs is 1. The van der Waals surface area contributed by atoms with Crippen molar-refractivity contribution in [2.45, 2.75) is 13.0 Å². The van der Waals surface area contributed by atoms with Crippen LogP contribution in [-0.4, -0.2) is 21.5 Å². The molecule has 0 saturated carbocycles. The van der Waals surface area contributed by atoms with Gasteiger partial charge in [0.15, 0.2) is 0 Å². The number of nitrogens with one attached hydrogen (secondary N) is 2. The zero-order chi connectivity index (χ0) is 20.2. The van der Waals surface area contributed by atoms with Crippen LogP contribution in [0.15, 0.2) is 84.9 Å². The van der Waals surface area contributed by atoms with Gasteiger partial charge in [-0.25, -0.2) is 0 Å². The molecule has 0 spiro atoms. The molecule has 5 rings (SSSR count). The Morgan fingerprint density at radius 2 is 1.13 bits per heavy atom. The van der Waals surface area contributed by atoms with Crippen LogP contribution in [0.25, 0.3) is 0 Å². The number of nitrogens with zero attached hydrogens (tertiary/aromatic N) is 4. The molecule has 0 unspecified atom stereocenters. The van der Waals surface area contributed by atoms with Crippen molar-refractivity contribution in [1.82, 2.24) is 15.0 Å². The summed E-state index contributed by atoms with van der Waals surface area (Å²) in [6, 6.07) is 28.4. The second-order valence-corrected chi connectivity index (χ2v) is 7.20. The van der Waals surface area contributed by atoms with Crippen LogP contribution >= 0.6 is 0 Å². The topological polar surface area (TPSA) is 66.0 Å². The largest absolute Gasteiger partial charge is 0.336 e. The lowest BCUT2D eigenvalue weighted by Gasteiger charge is -2.29. The third-order valence-corrected chi connectivity index (χ3v) is 5.10. The molecule has 0 amide bonds. The summed E-state index contributed by atoms with van der Waals surface area (Å²) in [6.45, 7) is 1.66. The number of hydrogen-bond acceptors (Lipinski definition) is 6. The average molecular weight is 394 g/mol. The molecule has 0 fully saturated rings. The predicted molar refractivity (Wildman–Crippen MR) is 120 cm³/mol. The molecule has 1 aliphatic heterocycles. The van der Waals surface area contributed by atoms with Crippen LogP contribution in [0.3, 0.4) is 0 Å². The van der Waals surface area contributed by atoms with Crippen molar-refractivity contribution >= 4 is 29.2 Å². The van der Waals surface area contributed by atoms with Gasteiger partial charge in [-0.1, -0.05) is 60.7 Å². The summed E-state index contributed by atoms with van der Waals surface area (Å²) in [5.74, 6) is 1.70. The van der Waals surface area contributed by atoms with Crippen LogP contribution in [0.4, 0.5) is 29.2 Å². The molecule has 3 aromatic carbocycles. The van der Waals surface area contributed by atoms with Crippen LogP contribution in [0.5, 0.6) is 0 Å². The van der Waals surface area contributed by atoms with Crippen LogP contribution in [-0.2, 0) is 13.0 Å². The second-order valence-electron chi connectivity index (χ2n) is 7.20. The predicted octanol–water partition coefficient (Wildman–Crippen LogP) is 4.92. The molecule has 4 aromatic rings. The van der Waals surface area contributed by atoms with E-state index < -0.39 is 0 Å².